The van der Waals surface area contributed by atoms with Crippen LogP contribution in [0.2, 0.25) is 0 Å². The molecule has 0 fully saturated rings. The first kappa shape index (κ1) is 18.9. The maximum absolute atomic E-state index is 12.4. The Morgan fingerprint density at radius 1 is 1.12 bits per heavy atom. The summed E-state index contributed by atoms with van der Waals surface area (Å²) in [6.45, 7) is 4.73. The van der Waals surface area contributed by atoms with Crippen molar-refractivity contribution in [3.05, 3.63) is 77.5 Å². The van der Waals surface area contributed by atoms with Crippen molar-refractivity contribution >= 4 is 17.4 Å². The fraction of sp³-hybridized carbons (Fsp3) is 0.190. The van der Waals surface area contributed by atoms with Crippen molar-refractivity contribution in [2.75, 3.05) is 11.9 Å². The predicted molar refractivity (Wildman–Crippen MR) is 101 cm³/mol. The van der Waals surface area contributed by atoms with Gasteiger partial charge in [-0.25, -0.2) is 0 Å². The number of nitrogens with one attached hydrogen (secondary N) is 1. The van der Waals surface area contributed by atoms with Crippen molar-refractivity contribution in [3.63, 3.8) is 0 Å². The lowest BCUT2D eigenvalue weighted by atomic mass is 10.1. The van der Waals surface area contributed by atoms with Crippen LogP contribution in [0.3, 0.4) is 0 Å². The van der Waals surface area contributed by atoms with Gasteiger partial charge in [-0.2, -0.15) is 5.26 Å². The summed E-state index contributed by atoms with van der Waals surface area (Å²) in [7, 11) is 0. The van der Waals surface area contributed by atoms with Gasteiger partial charge in [-0.15, -0.1) is 0 Å². The summed E-state index contributed by atoms with van der Waals surface area (Å²) in [5.41, 5.74) is 2.23. The summed E-state index contributed by atoms with van der Waals surface area (Å²) in [5.74, 6) is -0.519. The zero-order valence-electron chi connectivity index (χ0n) is 14.9. The molecule has 0 spiro atoms. The van der Waals surface area contributed by atoms with Gasteiger partial charge in [0.2, 0.25) is 0 Å². The minimum absolute atomic E-state index is 0.0263. The van der Waals surface area contributed by atoms with Crippen molar-refractivity contribution < 1.29 is 9.59 Å². The molecule has 2 aromatic rings. The molecule has 0 aromatic heterocycles. The number of hydrogen-bond acceptors (Lipinski definition) is 4. The van der Waals surface area contributed by atoms with Crippen LogP contribution < -0.4 is 5.32 Å². The molecule has 0 aliphatic carbocycles. The first-order chi connectivity index (χ1) is 12.5. The van der Waals surface area contributed by atoms with E-state index in [1.54, 1.807) is 30.5 Å². The Morgan fingerprint density at radius 2 is 1.77 bits per heavy atom. The maximum Gasteiger partial charge on any atom is 0.267 e. The van der Waals surface area contributed by atoms with Gasteiger partial charge in [0, 0.05) is 30.5 Å². The van der Waals surface area contributed by atoms with E-state index in [2.05, 4.69) is 5.32 Å². The van der Waals surface area contributed by atoms with Crippen LogP contribution in [0.15, 0.2) is 66.4 Å². The number of Topliss-reactive ketones (excluding diaryl/α,β-unsaturated/α-hetero) is 1. The second-order valence-corrected chi connectivity index (χ2v) is 5.79. The van der Waals surface area contributed by atoms with E-state index in [-0.39, 0.29) is 11.4 Å². The van der Waals surface area contributed by atoms with Gasteiger partial charge in [0.1, 0.15) is 11.6 Å². The van der Waals surface area contributed by atoms with Gasteiger partial charge >= 0.3 is 0 Å². The maximum atomic E-state index is 12.4. The lowest BCUT2D eigenvalue weighted by Gasteiger charge is -2.19. The summed E-state index contributed by atoms with van der Waals surface area (Å²) in [6.07, 6.45) is 1.58. The third-order valence-electron chi connectivity index (χ3n) is 3.86. The molecule has 2 rings (SSSR count). The smallest absolute Gasteiger partial charge is 0.267 e. The number of carbonyl (C=O) groups excluding carboxylic acids is 2. The molecule has 0 saturated carbocycles. The van der Waals surface area contributed by atoms with Crippen molar-refractivity contribution in [2.45, 2.75) is 20.4 Å². The molecule has 26 heavy (non-hydrogen) atoms. The van der Waals surface area contributed by atoms with E-state index in [9.17, 15) is 14.9 Å². The second kappa shape index (κ2) is 9.19. The third-order valence-corrected chi connectivity index (χ3v) is 3.86. The van der Waals surface area contributed by atoms with Crippen LogP contribution in [0.5, 0.6) is 0 Å². The lowest BCUT2D eigenvalue weighted by Crippen LogP contribution is -2.21. The van der Waals surface area contributed by atoms with Gasteiger partial charge in [0.15, 0.2) is 5.78 Å². The molecule has 0 aliphatic heterocycles. The molecule has 0 bridgehead atoms. The molecule has 5 nitrogen and oxygen atoms in total. The van der Waals surface area contributed by atoms with Crippen LogP contribution in [-0.4, -0.2) is 23.1 Å². The average molecular weight is 347 g/mol. The van der Waals surface area contributed by atoms with Gasteiger partial charge in [-0.05, 0) is 43.7 Å². The lowest BCUT2D eigenvalue weighted by molar-refractivity contribution is -0.112. The molecule has 0 aliphatic rings. The van der Waals surface area contributed by atoms with Crippen LogP contribution in [-0.2, 0) is 11.3 Å². The minimum atomic E-state index is -0.477. The third kappa shape index (κ3) is 5.32. The Morgan fingerprint density at radius 3 is 2.31 bits per heavy atom. The highest BCUT2D eigenvalue weighted by Gasteiger charge is 2.12. The highest BCUT2D eigenvalue weighted by atomic mass is 16.1. The second-order valence-electron chi connectivity index (χ2n) is 5.79. The molecular formula is C21H21N3O2. The van der Waals surface area contributed by atoms with E-state index in [0.717, 1.165) is 5.56 Å². The molecule has 2 aromatic carbocycles. The average Bonchev–Trinajstić information content (AvgIpc) is 2.66. The molecular weight excluding hydrogens is 326 g/mol. The van der Waals surface area contributed by atoms with Crippen LogP contribution in [0.25, 0.3) is 0 Å². The normalized spacial score (nSPS) is 10.7. The van der Waals surface area contributed by atoms with Crippen molar-refractivity contribution in [2.24, 2.45) is 0 Å². The Kier molecular flexibility index (Phi) is 6.69. The topological polar surface area (TPSA) is 73.2 Å². The number of benzene rings is 2. The number of carbonyl (C=O) groups is 2. The summed E-state index contributed by atoms with van der Waals surface area (Å²) < 4.78 is 0. The zero-order chi connectivity index (χ0) is 18.9. The zero-order valence-corrected chi connectivity index (χ0v) is 14.9. The summed E-state index contributed by atoms with van der Waals surface area (Å²) in [6, 6.07) is 18.4. The summed E-state index contributed by atoms with van der Waals surface area (Å²) in [5, 5.41) is 12.0. The quantitative estimate of drug-likeness (QED) is 0.470. The number of nitrogens with zero attached hydrogens (tertiary/aromatic N) is 2. The first-order valence-corrected chi connectivity index (χ1v) is 8.35. The minimum Gasteiger partial charge on any atom is -0.372 e. The predicted octanol–water partition coefficient (Wildman–Crippen LogP) is 3.76. The van der Waals surface area contributed by atoms with E-state index in [1.165, 1.54) is 6.92 Å². The Balaban J connectivity index is 2.09. The monoisotopic (exact) mass is 347 g/mol. The van der Waals surface area contributed by atoms with Crippen LogP contribution in [0.1, 0.15) is 29.8 Å². The Labute approximate surface area is 153 Å². The molecule has 5 heteroatoms. The van der Waals surface area contributed by atoms with Crippen molar-refractivity contribution in [3.8, 4) is 6.07 Å². The van der Waals surface area contributed by atoms with E-state index < -0.39 is 5.91 Å². The Hall–Kier alpha value is -3.39. The van der Waals surface area contributed by atoms with Crippen LogP contribution in [0.4, 0.5) is 5.69 Å². The van der Waals surface area contributed by atoms with Gasteiger partial charge in [-0.1, -0.05) is 30.3 Å². The van der Waals surface area contributed by atoms with E-state index >= 15 is 0 Å². The van der Waals surface area contributed by atoms with Crippen LogP contribution in [0, 0.1) is 11.3 Å². The largest absolute Gasteiger partial charge is 0.372 e. The molecule has 1 amide bonds. The SMILES string of the molecule is CCN(/C=C(/C#N)C(=O)Nc1ccc(C(C)=O)cc1)Cc1ccccc1. The summed E-state index contributed by atoms with van der Waals surface area (Å²) in [4.78, 5) is 25.6. The number of amides is 1. The Bertz CT molecular complexity index is 834. The molecule has 0 heterocycles. The first-order valence-electron chi connectivity index (χ1n) is 8.35. The van der Waals surface area contributed by atoms with E-state index in [0.29, 0.717) is 24.3 Å². The van der Waals surface area contributed by atoms with Gasteiger partial charge in [0.25, 0.3) is 5.91 Å². The highest BCUT2D eigenvalue weighted by molar-refractivity contribution is 6.06. The molecule has 1 N–H and O–H groups in total. The molecule has 0 unspecified atom stereocenters. The van der Waals surface area contributed by atoms with Gasteiger partial charge in [-0.3, -0.25) is 9.59 Å². The summed E-state index contributed by atoms with van der Waals surface area (Å²) >= 11 is 0. The number of ketones is 1. The highest BCUT2D eigenvalue weighted by Crippen LogP contribution is 2.12. The number of anilines is 1. The molecule has 0 atom stereocenters. The number of rotatable bonds is 7. The number of nitriles is 1. The van der Waals surface area contributed by atoms with Gasteiger partial charge < -0.3 is 10.2 Å². The molecule has 0 radical (unpaired) electrons. The van der Waals surface area contributed by atoms with Crippen LogP contribution >= 0.6 is 0 Å². The fourth-order valence-corrected chi connectivity index (χ4v) is 2.37. The van der Waals surface area contributed by atoms with E-state index in [4.69, 9.17) is 0 Å². The fourth-order valence-electron chi connectivity index (χ4n) is 2.37. The van der Waals surface area contributed by atoms with E-state index in [1.807, 2.05) is 48.2 Å². The van der Waals surface area contributed by atoms with Gasteiger partial charge in [0.05, 0.1) is 0 Å². The van der Waals surface area contributed by atoms with Crippen molar-refractivity contribution in [1.82, 2.24) is 4.90 Å². The number of hydrogen-bond donors (Lipinski definition) is 1. The standard InChI is InChI=1S/C21H21N3O2/c1-3-24(14-17-7-5-4-6-8-17)15-19(13-22)21(26)23-20-11-9-18(10-12-20)16(2)25/h4-12,15H,3,14H2,1-2H3,(H,23,26)/b19-15-. The van der Waals surface area contributed by atoms with Crippen molar-refractivity contribution in [1.29, 1.82) is 5.26 Å². The molecule has 0 saturated heterocycles. The molecule has 132 valence electrons.